The Hall–Kier alpha value is -1.26. The summed E-state index contributed by atoms with van der Waals surface area (Å²) in [5.74, 6) is -0.534. The molecule has 0 spiro atoms. The van der Waals surface area contributed by atoms with Crippen LogP contribution in [0.15, 0.2) is 0 Å². The largest absolute Gasteiger partial charge is 0.480 e. The van der Waals surface area contributed by atoms with E-state index in [0.717, 1.165) is 25.7 Å². The number of aliphatic carboxylic acids is 1. The summed E-state index contributed by atoms with van der Waals surface area (Å²) >= 11 is 0. The maximum Gasteiger partial charge on any atom is 0.326 e. The molecule has 0 radical (unpaired) electrons. The maximum absolute atomic E-state index is 12.2. The van der Waals surface area contributed by atoms with Gasteiger partial charge in [0.1, 0.15) is 6.04 Å². The van der Waals surface area contributed by atoms with E-state index in [-0.39, 0.29) is 12.1 Å². The molecule has 5 nitrogen and oxygen atoms in total. The van der Waals surface area contributed by atoms with Gasteiger partial charge in [0, 0.05) is 12.6 Å². The number of carboxylic acid groups (broad SMARTS) is 1. The Balaban J connectivity index is 2.65. The number of hydrogen-bond donors (Lipinski definition) is 2. The number of nitrogens with one attached hydrogen (secondary N) is 1. The SMILES string of the molecule is CCCC(CC)NC(=O)N1CCC(C)CC1C(=O)O. The lowest BCUT2D eigenvalue weighted by molar-refractivity contribution is -0.143. The molecule has 110 valence electrons. The van der Waals surface area contributed by atoms with Gasteiger partial charge in [0.25, 0.3) is 0 Å². The normalized spacial score (nSPS) is 24.9. The maximum atomic E-state index is 12.2. The first kappa shape index (κ1) is 15.8. The molecule has 1 aliphatic heterocycles. The van der Waals surface area contributed by atoms with Crippen molar-refractivity contribution in [2.45, 2.75) is 65.0 Å². The van der Waals surface area contributed by atoms with E-state index in [9.17, 15) is 14.7 Å². The lowest BCUT2D eigenvalue weighted by atomic mass is 9.92. The fourth-order valence-corrected chi connectivity index (χ4v) is 2.60. The van der Waals surface area contributed by atoms with Crippen molar-refractivity contribution in [3.8, 4) is 0 Å². The highest BCUT2D eigenvalue weighted by atomic mass is 16.4. The first-order valence-corrected chi connectivity index (χ1v) is 7.29. The van der Waals surface area contributed by atoms with Crippen LogP contribution in [0.4, 0.5) is 4.79 Å². The van der Waals surface area contributed by atoms with E-state index in [1.54, 1.807) is 0 Å². The van der Waals surface area contributed by atoms with Crippen molar-refractivity contribution in [2.24, 2.45) is 5.92 Å². The van der Waals surface area contributed by atoms with Gasteiger partial charge in [-0.25, -0.2) is 9.59 Å². The molecule has 1 fully saturated rings. The highest BCUT2D eigenvalue weighted by molar-refractivity contribution is 5.83. The van der Waals surface area contributed by atoms with Crippen LogP contribution in [-0.4, -0.2) is 40.6 Å². The molecule has 3 atom stereocenters. The molecule has 2 amide bonds. The highest BCUT2D eigenvalue weighted by Crippen LogP contribution is 2.23. The third-order valence-electron chi connectivity index (χ3n) is 3.87. The average Bonchev–Trinajstić information content (AvgIpc) is 2.37. The summed E-state index contributed by atoms with van der Waals surface area (Å²) in [7, 11) is 0. The van der Waals surface area contributed by atoms with Gasteiger partial charge in [-0.2, -0.15) is 0 Å². The number of nitrogens with zero attached hydrogens (tertiary/aromatic N) is 1. The van der Waals surface area contributed by atoms with Crippen LogP contribution >= 0.6 is 0 Å². The number of carbonyl (C=O) groups excluding carboxylic acids is 1. The number of hydrogen-bond acceptors (Lipinski definition) is 2. The van der Waals surface area contributed by atoms with E-state index in [4.69, 9.17) is 0 Å². The van der Waals surface area contributed by atoms with E-state index < -0.39 is 12.0 Å². The van der Waals surface area contributed by atoms with Gasteiger partial charge in [0.05, 0.1) is 0 Å². The predicted molar refractivity (Wildman–Crippen MR) is 74.0 cm³/mol. The van der Waals surface area contributed by atoms with Gasteiger partial charge in [-0.3, -0.25) is 0 Å². The molecule has 19 heavy (non-hydrogen) atoms. The van der Waals surface area contributed by atoms with Crippen LogP contribution < -0.4 is 5.32 Å². The van der Waals surface area contributed by atoms with Gasteiger partial charge in [-0.1, -0.05) is 27.2 Å². The van der Waals surface area contributed by atoms with Crippen molar-refractivity contribution in [3.05, 3.63) is 0 Å². The number of rotatable bonds is 5. The van der Waals surface area contributed by atoms with Crippen LogP contribution in [0.1, 0.15) is 52.9 Å². The zero-order valence-corrected chi connectivity index (χ0v) is 12.2. The summed E-state index contributed by atoms with van der Waals surface area (Å²) < 4.78 is 0. The van der Waals surface area contributed by atoms with E-state index in [1.807, 2.05) is 13.8 Å². The van der Waals surface area contributed by atoms with Gasteiger partial charge in [-0.15, -0.1) is 0 Å². The number of carboxylic acids is 1. The minimum absolute atomic E-state index is 0.145. The molecule has 1 rings (SSSR count). The second-order valence-corrected chi connectivity index (χ2v) is 5.52. The standard InChI is InChI=1S/C14H26N2O3/c1-4-6-11(5-2)15-14(19)16-8-7-10(3)9-12(16)13(17)18/h10-12H,4-9H2,1-3H3,(H,15,19)(H,17,18). The van der Waals surface area contributed by atoms with Gasteiger partial charge in [0.15, 0.2) is 0 Å². The summed E-state index contributed by atoms with van der Waals surface area (Å²) in [6.45, 7) is 6.69. The first-order valence-electron chi connectivity index (χ1n) is 7.29. The van der Waals surface area contributed by atoms with Gasteiger partial charge in [-0.05, 0) is 31.6 Å². The summed E-state index contributed by atoms with van der Waals surface area (Å²) in [4.78, 5) is 25.0. The summed E-state index contributed by atoms with van der Waals surface area (Å²) in [6, 6.07) is -0.756. The summed E-state index contributed by atoms with van der Waals surface area (Å²) in [5, 5.41) is 12.2. The zero-order valence-electron chi connectivity index (χ0n) is 12.2. The van der Waals surface area contributed by atoms with Crippen LogP contribution in [0, 0.1) is 5.92 Å². The Labute approximate surface area is 115 Å². The van der Waals surface area contributed by atoms with Crippen molar-refractivity contribution < 1.29 is 14.7 Å². The van der Waals surface area contributed by atoms with Crippen molar-refractivity contribution in [2.75, 3.05) is 6.54 Å². The van der Waals surface area contributed by atoms with E-state index in [0.29, 0.717) is 18.9 Å². The van der Waals surface area contributed by atoms with Crippen LogP contribution in [0.3, 0.4) is 0 Å². The topological polar surface area (TPSA) is 69.6 Å². The molecule has 0 aromatic heterocycles. The molecule has 0 saturated carbocycles. The molecular weight excluding hydrogens is 244 g/mol. The number of urea groups is 1. The molecule has 1 saturated heterocycles. The molecule has 1 heterocycles. The van der Waals surface area contributed by atoms with Crippen LogP contribution in [0.25, 0.3) is 0 Å². The third-order valence-corrected chi connectivity index (χ3v) is 3.87. The minimum Gasteiger partial charge on any atom is -0.480 e. The summed E-state index contributed by atoms with van der Waals surface area (Å²) in [6.07, 6.45) is 4.25. The van der Waals surface area contributed by atoms with E-state index in [1.165, 1.54) is 4.90 Å². The third kappa shape index (κ3) is 4.40. The molecule has 0 aromatic carbocycles. The smallest absolute Gasteiger partial charge is 0.326 e. The molecule has 0 aromatic rings. The van der Waals surface area contributed by atoms with Gasteiger partial charge in [0.2, 0.25) is 0 Å². The second-order valence-electron chi connectivity index (χ2n) is 5.52. The number of piperidine rings is 1. The fraction of sp³-hybridized carbons (Fsp3) is 0.857. The molecular formula is C14H26N2O3. The Morgan fingerprint density at radius 3 is 2.63 bits per heavy atom. The molecule has 3 unspecified atom stereocenters. The Kier molecular flexibility index (Phi) is 6.12. The Morgan fingerprint density at radius 2 is 2.11 bits per heavy atom. The second kappa shape index (κ2) is 7.36. The van der Waals surface area contributed by atoms with Gasteiger partial charge < -0.3 is 15.3 Å². The van der Waals surface area contributed by atoms with Gasteiger partial charge >= 0.3 is 12.0 Å². The lowest BCUT2D eigenvalue weighted by Gasteiger charge is -2.36. The number of amides is 2. The van der Waals surface area contributed by atoms with Crippen molar-refractivity contribution in [1.29, 1.82) is 0 Å². The van der Waals surface area contributed by atoms with Crippen molar-refractivity contribution in [3.63, 3.8) is 0 Å². The number of likely N-dealkylation sites (tertiary alicyclic amines) is 1. The van der Waals surface area contributed by atoms with Crippen LogP contribution in [-0.2, 0) is 4.79 Å². The van der Waals surface area contributed by atoms with E-state index in [2.05, 4.69) is 12.2 Å². The molecule has 0 bridgehead atoms. The number of carbonyl (C=O) groups is 2. The van der Waals surface area contributed by atoms with Crippen LogP contribution in [0.5, 0.6) is 0 Å². The molecule has 5 heteroatoms. The predicted octanol–water partition coefficient (Wildman–Crippen LogP) is 2.46. The average molecular weight is 270 g/mol. The van der Waals surface area contributed by atoms with Crippen LogP contribution in [0.2, 0.25) is 0 Å². The van der Waals surface area contributed by atoms with Crippen molar-refractivity contribution in [1.82, 2.24) is 10.2 Å². The molecule has 2 N–H and O–H groups in total. The minimum atomic E-state index is -0.898. The first-order chi connectivity index (χ1) is 8.99. The Bertz CT molecular complexity index is 320. The lowest BCUT2D eigenvalue weighted by Crippen LogP contribution is -2.54. The summed E-state index contributed by atoms with van der Waals surface area (Å²) in [5.41, 5.74) is 0. The highest BCUT2D eigenvalue weighted by Gasteiger charge is 2.35. The van der Waals surface area contributed by atoms with Crippen molar-refractivity contribution >= 4 is 12.0 Å². The monoisotopic (exact) mass is 270 g/mol. The molecule has 1 aliphatic rings. The zero-order chi connectivity index (χ0) is 14.4. The van der Waals surface area contributed by atoms with E-state index >= 15 is 0 Å². The Morgan fingerprint density at radius 1 is 1.42 bits per heavy atom. The molecule has 0 aliphatic carbocycles. The quantitative estimate of drug-likeness (QED) is 0.806. The fourth-order valence-electron chi connectivity index (χ4n) is 2.60.